The third kappa shape index (κ3) is 2.80. The number of aromatic nitrogens is 2. The second-order valence-corrected chi connectivity index (χ2v) is 5.70. The van der Waals surface area contributed by atoms with Crippen molar-refractivity contribution in [3.63, 3.8) is 0 Å². The molecule has 19 heavy (non-hydrogen) atoms. The van der Waals surface area contributed by atoms with Gasteiger partial charge in [0.05, 0.1) is 11.0 Å². The molecule has 1 heterocycles. The van der Waals surface area contributed by atoms with Gasteiger partial charge >= 0.3 is 0 Å². The van der Waals surface area contributed by atoms with Crippen molar-refractivity contribution in [2.24, 2.45) is 5.73 Å². The molecule has 0 aliphatic carbocycles. The van der Waals surface area contributed by atoms with E-state index in [1.165, 1.54) is 0 Å². The van der Waals surface area contributed by atoms with Crippen LogP contribution in [0.15, 0.2) is 18.2 Å². The van der Waals surface area contributed by atoms with Gasteiger partial charge in [0.25, 0.3) is 0 Å². The highest BCUT2D eigenvalue weighted by atomic mass is 16.5. The molecule has 4 nitrogen and oxygen atoms in total. The number of hydrogen-bond acceptors (Lipinski definition) is 3. The Kier molecular flexibility index (Phi) is 3.92. The predicted octanol–water partition coefficient (Wildman–Crippen LogP) is 2.79. The van der Waals surface area contributed by atoms with E-state index >= 15 is 0 Å². The summed E-state index contributed by atoms with van der Waals surface area (Å²) in [6.07, 6.45) is 0. The van der Waals surface area contributed by atoms with E-state index < -0.39 is 0 Å². The van der Waals surface area contributed by atoms with Gasteiger partial charge in [-0.25, -0.2) is 4.98 Å². The lowest BCUT2D eigenvalue weighted by Crippen LogP contribution is -2.24. The first kappa shape index (κ1) is 14.0. The third-order valence-electron chi connectivity index (χ3n) is 3.13. The minimum Gasteiger partial charge on any atom is -0.374 e. The van der Waals surface area contributed by atoms with Crippen molar-refractivity contribution in [1.82, 2.24) is 9.55 Å². The molecular weight excluding hydrogens is 238 g/mol. The number of fused-ring (bicyclic) bond motifs is 1. The maximum absolute atomic E-state index is 5.69. The maximum atomic E-state index is 5.69. The highest BCUT2D eigenvalue weighted by molar-refractivity contribution is 5.77. The number of ether oxygens (including phenoxy) is 1. The smallest absolute Gasteiger partial charge is 0.136 e. The number of hydrogen-bond donors (Lipinski definition) is 1. The standard InChI is InChI=1S/C15H23N3O/c1-5-19-10-14-17-12-8-11(9-16)6-7-13(12)18(14)15(2,3)4/h6-8H,5,9-10,16H2,1-4H3. The van der Waals surface area contributed by atoms with E-state index in [-0.39, 0.29) is 5.54 Å². The fourth-order valence-corrected chi connectivity index (χ4v) is 2.34. The Hall–Kier alpha value is -1.39. The Morgan fingerprint density at radius 2 is 2.05 bits per heavy atom. The monoisotopic (exact) mass is 261 g/mol. The van der Waals surface area contributed by atoms with Gasteiger partial charge in [-0.1, -0.05) is 6.07 Å². The van der Waals surface area contributed by atoms with Crippen molar-refractivity contribution in [3.8, 4) is 0 Å². The van der Waals surface area contributed by atoms with Crippen LogP contribution < -0.4 is 5.73 Å². The van der Waals surface area contributed by atoms with Gasteiger partial charge in [-0.15, -0.1) is 0 Å². The van der Waals surface area contributed by atoms with E-state index in [9.17, 15) is 0 Å². The second-order valence-electron chi connectivity index (χ2n) is 5.70. The Morgan fingerprint density at radius 1 is 1.32 bits per heavy atom. The van der Waals surface area contributed by atoms with Crippen LogP contribution in [-0.2, 0) is 23.4 Å². The van der Waals surface area contributed by atoms with Gasteiger partial charge < -0.3 is 15.0 Å². The van der Waals surface area contributed by atoms with Crippen molar-refractivity contribution >= 4 is 11.0 Å². The summed E-state index contributed by atoms with van der Waals surface area (Å²) in [7, 11) is 0. The molecule has 0 aliphatic rings. The normalized spacial score (nSPS) is 12.3. The predicted molar refractivity (Wildman–Crippen MR) is 78.0 cm³/mol. The molecule has 0 saturated carbocycles. The molecule has 0 atom stereocenters. The fourth-order valence-electron chi connectivity index (χ4n) is 2.34. The minimum atomic E-state index is -0.0224. The van der Waals surface area contributed by atoms with Crippen molar-refractivity contribution in [2.45, 2.75) is 46.4 Å². The molecule has 0 fully saturated rings. The van der Waals surface area contributed by atoms with Crippen LogP contribution in [0.1, 0.15) is 39.1 Å². The molecule has 1 aromatic carbocycles. The zero-order valence-corrected chi connectivity index (χ0v) is 12.2. The molecule has 4 heteroatoms. The van der Waals surface area contributed by atoms with Gasteiger partial charge in [0.2, 0.25) is 0 Å². The lowest BCUT2D eigenvalue weighted by Gasteiger charge is -2.24. The molecule has 0 radical (unpaired) electrons. The first-order valence-electron chi connectivity index (χ1n) is 6.76. The molecule has 0 saturated heterocycles. The van der Waals surface area contributed by atoms with Crippen molar-refractivity contribution in [2.75, 3.05) is 6.61 Å². The van der Waals surface area contributed by atoms with Crippen LogP contribution in [0.25, 0.3) is 11.0 Å². The van der Waals surface area contributed by atoms with Crippen molar-refractivity contribution in [3.05, 3.63) is 29.6 Å². The summed E-state index contributed by atoms with van der Waals surface area (Å²) < 4.78 is 7.78. The highest BCUT2D eigenvalue weighted by Crippen LogP contribution is 2.26. The van der Waals surface area contributed by atoms with Crippen molar-refractivity contribution in [1.29, 1.82) is 0 Å². The zero-order chi connectivity index (χ0) is 14.0. The SMILES string of the molecule is CCOCc1nc2cc(CN)ccc2n1C(C)(C)C. The number of imidazole rings is 1. The second kappa shape index (κ2) is 5.31. The number of nitrogens with two attached hydrogens (primary N) is 1. The Morgan fingerprint density at radius 3 is 2.63 bits per heavy atom. The topological polar surface area (TPSA) is 53.1 Å². The van der Waals surface area contributed by atoms with Gasteiger partial charge in [-0.3, -0.25) is 0 Å². The molecular formula is C15H23N3O. The average Bonchev–Trinajstić information content (AvgIpc) is 2.72. The summed E-state index contributed by atoms with van der Waals surface area (Å²) in [5.41, 5.74) is 8.91. The molecule has 2 aromatic rings. The van der Waals surface area contributed by atoms with Gasteiger partial charge in [0.15, 0.2) is 0 Å². The number of nitrogens with zero attached hydrogens (tertiary/aromatic N) is 2. The minimum absolute atomic E-state index is 0.0224. The van der Waals surface area contributed by atoms with Gasteiger partial charge in [-0.2, -0.15) is 0 Å². The molecule has 2 rings (SSSR count). The molecule has 104 valence electrons. The van der Waals surface area contributed by atoms with Crippen LogP contribution in [0.5, 0.6) is 0 Å². The molecule has 0 aliphatic heterocycles. The molecule has 0 amide bonds. The summed E-state index contributed by atoms with van der Waals surface area (Å²) in [4.78, 5) is 4.71. The third-order valence-corrected chi connectivity index (χ3v) is 3.13. The van der Waals surface area contributed by atoms with E-state index in [0.29, 0.717) is 19.8 Å². The molecule has 0 spiro atoms. The van der Waals surface area contributed by atoms with Crippen LogP contribution in [0.4, 0.5) is 0 Å². The fraction of sp³-hybridized carbons (Fsp3) is 0.533. The van der Waals surface area contributed by atoms with E-state index in [0.717, 1.165) is 22.4 Å². The number of rotatable bonds is 4. The molecule has 0 bridgehead atoms. The average molecular weight is 261 g/mol. The first-order valence-corrected chi connectivity index (χ1v) is 6.76. The van der Waals surface area contributed by atoms with Crippen LogP contribution >= 0.6 is 0 Å². The van der Waals surface area contributed by atoms with E-state index in [1.54, 1.807) is 0 Å². The Bertz CT molecular complexity index is 567. The van der Waals surface area contributed by atoms with Gasteiger partial charge in [-0.05, 0) is 45.4 Å². The quantitative estimate of drug-likeness (QED) is 0.920. The summed E-state index contributed by atoms with van der Waals surface area (Å²) >= 11 is 0. The summed E-state index contributed by atoms with van der Waals surface area (Å²) in [6, 6.07) is 6.23. The first-order chi connectivity index (χ1) is 8.97. The van der Waals surface area contributed by atoms with E-state index in [2.05, 4.69) is 43.5 Å². The highest BCUT2D eigenvalue weighted by Gasteiger charge is 2.21. The van der Waals surface area contributed by atoms with Crippen LogP contribution in [0.3, 0.4) is 0 Å². The van der Waals surface area contributed by atoms with Crippen LogP contribution in [0, 0.1) is 0 Å². The molecule has 1 aromatic heterocycles. The van der Waals surface area contributed by atoms with Gasteiger partial charge in [0.1, 0.15) is 12.4 Å². The molecule has 2 N–H and O–H groups in total. The summed E-state index contributed by atoms with van der Waals surface area (Å²) in [5.74, 6) is 0.971. The Balaban J connectivity index is 2.59. The lowest BCUT2D eigenvalue weighted by atomic mass is 10.1. The van der Waals surface area contributed by atoms with Crippen LogP contribution in [0.2, 0.25) is 0 Å². The number of benzene rings is 1. The van der Waals surface area contributed by atoms with E-state index in [4.69, 9.17) is 15.5 Å². The Labute approximate surface area is 114 Å². The molecule has 0 unspecified atom stereocenters. The van der Waals surface area contributed by atoms with Gasteiger partial charge in [0, 0.05) is 18.7 Å². The van der Waals surface area contributed by atoms with Crippen LogP contribution in [-0.4, -0.2) is 16.2 Å². The maximum Gasteiger partial charge on any atom is 0.136 e. The summed E-state index contributed by atoms with van der Waals surface area (Å²) in [6.45, 7) is 10.3. The zero-order valence-electron chi connectivity index (χ0n) is 12.2. The largest absolute Gasteiger partial charge is 0.374 e. The summed E-state index contributed by atoms with van der Waals surface area (Å²) in [5, 5.41) is 0. The van der Waals surface area contributed by atoms with E-state index in [1.807, 2.05) is 6.92 Å². The van der Waals surface area contributed by atoms with Crippen molar-refractivity contribution < 1.29 is 4.74 Å². The lowest BCUT2D eigenvalue weighted by molar-refractivity contribution is 0.122.